The molecule has 0 saturated heterocycles. The van der Waals surface area contributed by atoms with Crippen LogP contribution in [0.4, 0.5) is 4.39 Å². The van der Waals surface area contributed by atoms with Gasteiger partial charge >= 0.3 is 0 Å². The molecule has 29 heavy (non-hydrogen) atoms. The number of carbonyl (C=O) groups is 1. The SMILES string of the molecule is CCCn1c(CN(CCC(C)C)C(=O)c2cccc(Br)c2)nc2cc(F)ccc21. The third-order valence-corrected chi connectivity index (χ3v) is 5.40. The molecule has 2 aromatic carbocycles. The summed E-state index contributed by atoms with van der Waals surface area (Å²) in [6, 6.07) is 12.1. The van der Waals surface area contributed by atoms with Crippen LogP contribution >= 0.6 is 15.9 Å². The van der Waals surface area contributed by atoms with E-state index in [1.807, 2.05) is 29.2 Å². The van der Waals surface area contributed by atoms with Crippen molar-refractivity contribution in [3.63, 3.8) is 0 Å². The van der Waals surface area contributed by atoms with Gasteiger partial charge in [0.15, 0.2) is 0 Å². The van der Waals surface area contributed by atoms with Crippen LogP contribution in [-0.4, -0.2) is 26.9 Å². The first-order valence-electron chi connectivity index (χ1n) is 10.1. The zero-order chi connectivity index (χ0) is 21.0. The Balaban J connectivity index is 1.96. The summed E-state index contributed by atoms with van der Waals surface area (Å²) in [6.07, 6.45) is 1.84. The van der Waals surface area contributed by atoms with E-state index in [-0.39, 0.29) is 11.7 Å². The highest BCUT2D eigenvalue weighted by atomic mass is 79.9. The Morgan fingerprint density at radius 3 is 2.72 bits per heavy atom. The maximum atomic E-state index is 13.7. The zero-order valence-electron chi connectivity index (χ0n) is 17.2. The maximum absolute atomic E-state index is 13.7. The van der Waals surface area contributed by atoms with E-state index in [4.69, 9.17) is 0 Å². The fourth-order valence-electron chi connectivity index (χ4n) is 3.39. The number of imidazole rings is 1. The normalized spacial score (nSPS) is 11.4. The quantitative estimate of drug-likeness (QED) is 0.411. The molecule has 3 rings (SSSR count). The lowest BCUT2D eigenvalue weighted by Crippen LogP contribution is -2.33. The van der Waals surface area contributed by atoms with E-state index in [1.54, 1.807) is 6.07 Å². The highest BCUT2D eigenvalue weighted by molar-refractivity contribution is 9.10. The van der Waals surface area contributed by atoms with Gasteiger partial charge in [0.25, 0.3) is 5.91 Å². The molecular formula is C23H27BrFN3O. The second-order valence-electron chi connectivity index (χ2n) is 7.73. The van der Waals surface area contributed by atoms with Crippen molar-refractivity contribution in [3.8, 4) is 0 Å². The van der Waals surface area contributed by atoms with Crippen LogP contribution in [0, 0.1) is 11.7 Å². The number of amides is 1. The lowest BCUT2D eigenvalue weighted by Gasteiger charge is -2.24. The predicted octanol–water partition coefficient (Wildman–Crippen LogP) is 6.04. The highest BCUT2D eigenvalue weighted by Gasteiger charge is 2.20. The van der Waals surface area contributed by atoms with E-state index in [9.17, 15) is 9.18 Å². The second kappa shape index (κ2) is 9.53. The monoisotopic (exact) mass is 459 g/mol. The summed E-state index contributed by atoms with van der Waals surface area (Å²) in [5.74, 6) is 0.955. The number of fused-ring (bicyclic) bond motifs is 1. The minimum atomic E-state index is -0.299. The van der Waals surface area contributed by atoms with Crippen molar-refractivity contribution in [2.24, 2.45) is 5.92 Å². The van der Waals surface area contributed by atoms with Crippen LogP contribution < -0.4 is 0 Å². The summed E-state index contributed by atoms with van der Waals surface area (Å²) >= 11 is 3.45. The predicted molar refractivity (Wildman–Crippen MR) is 118 cm³/mol. The molecule has 0 fully saturated rings. The van der Waals surface area contributed by atoms with Crippen molar-refractivity contribution in [3.05, 3.63) is 64.1 Å². The maximum Gasteiger partial charge on any atom is 0.254 e. The van der Waals surface area contributed by atoms with Crippen LogP contribution in [0.1, 0.15) is 49.8 Å². The first-order chi connectivity index (χ1) is 13.9. The Labute approximate surface area is 179 Å². The average Bonchev–Trinajstić information content (AvgIpc) is 3.01. The molecule has 4 nitrogen and oxygen atoms in total. The van der Waals surface area contributed by atoms with Crippen LogP contribution in [0.2, 0.25) is 0 Å². The van der Waals surface area contributed by atoms with Gasteiger partial charge in [-0.3, -0.25) is 4.79 Å². The zero-order valence-corrected chi connectivity index (χ0v) is 18.7. The summed E-state index contributed by atoms with van der Waals surface area (Å²) in [6.45, 7) is 8.22. The number of aryl methyl sites for hydroxylation is 1. The molecular weight excluding hydrogens is 433 g/mol. The summed E-state index contributed by atoms with van der Waals surface area (Å²) in [4.78, 5) is 19.8. The minimum Gasteiger partial charge on any atom is -0.331 e. The van der Waals surface area contributed by atoms with Crippen LogP contribution in [0.25, 0.3) is 11.0 Å². The first-order valence-corrected chi connectivity index (χ1v) is 10.9. The van der Waals surface area contributed by atoms with Gasteiger partial charge in [0, 0.05) is 29.2 Å². The Hall–Kier alpha value is -2.21. The fourth-order valence-corrected chi connectivity index (χ4v) is 3.79. The second-order valence-corrected chi connectivity index (χ2v) is 8.65. The molecule has 0 aliphatic carbocycles. The first kappa shape index (κ1) is 21.5. The van der Waals surface area contributed by atoms with Gasteiger partial charge in [0.2, 0.25) is 0 Å². The van der Waals surface area contributed by atoms with Gasteiger partial charge in [-0.05, 0) is 49.1 Å². The van der Waals surface area contributed by atoms with E-state index in [0.717, 1.165) is 35.2 Å². The number of hydrogen-bond donors (Lipinski definition) is 0. The molecule has 0 spiro atoms. The van der Waals surface area contributed by atoms with Crippen LogP contribution in [-0.2, 0) is 13.1 Å². The van der Waals surface area contributed by atoms with Crippen molar-refractivity contribution in [1.29, 1.82) is 0 Å². The van der Waals surface area contributed by atoms with Gasteiger partial charge in [-0.1, -0.05) is 42.8 Å². The van der Waals surface area contributed by atoms with E-state index in [2.05, 4.69) is 46.3 Å². The molecule has 6 heteroatoms. The number of rotatable bonds is 8. The highest BCUT2D eigenvalue weighted by Crippen LogP contribution is 2.21. The standard InChI is InChI=1S/C23H27BrFN3O/c1-4-11-28-21-9-8-19(25)14-20(21)26-22(28)15-27(12-10-16(2)3)23(29)17-6-5-7-18(24)13-17/h5-9,13-14,16H,4,10-12,15H2,1-3H3. The van der Waals surface area contributed by atoms with Crippen LogP contribution in [0.15, 0.2) is 46.9 Å². The van der Waals surface area contributed by atoms with E-state index < -0.39 is 0 Å². The van der Waals surface area contributed by atoms with Crippen LogP contribution in [0.5, 0.6) is 0 Å². The summed E-state index contributed by atoms with van der Waals surface area (Å²) in [5.41, 5.74) is 2.18. The van der Waals surface area contributed by atoms with Crippen molar-refractivity contribution in [2.45, 2.75) is 46.7 Å². The van der Waals surface area contributed by atoms with Crippen molar-refractivity contribution >= 4 is 32.9 Å². The van der Waals surface area contributed by atoms with Gasteiger partial charge in [-0.15, -0.1) is 0 Å². The molecule has 1 heterocycles. The summed E-state index contributed by atoms with van der Waals surface area (Å²) < 4.78 is 16.7. The molecule has 1 aromatic heterocycles. The largest absolute Gasteiger partial charge is 0.331 e. The smallest absolute Gasteiger partial charge is 0.254 e. The molecule has 0 unspecified atom stereocenters. The Kier molecular flexibility index (Phi) is 7.06. The van der Waals surface area contributed by atoms with E-state index in [1.165, 1.54) is 12.1 Å². The Morgan fingerprint density at radius 1 is 1.24 bits per heavy atom. The molecule has 0 radical (unpaired) electrons. The molecule has 1 amide bonds. The number of halogens is 2. The van der Waals surface area contributed by atoms with E-state index in [0.29, 0.717) is 30.1 Å². The number of nitrogens with zero attached hydrogens (tertiary/aromatic N) is 3. The number of hydrogen-bond acceptors (Lipinski definition) is 2. The molecule has 0 aliphatic rings. The molecule has 154 valence electrons. The Bertz CT molecular complexity index is 999. The Morgan fingerprint density at radius 2 is 2.03 bits per heavy atom. The van der Waals surface area contributed by atoms with Crippen molar-refractivity contribution in [2.75, 3.05) is 6.54 Å². The molecule has 0 bridgehead atoms. The number of benzene rings is 2. The summed E-state index contributed by atoms with van der Waals surface area (Å²) in [7, 11) is 0. The minimum absolute atomic E-state index is 0.0202. The number of carbonyl (C=O) groups excluding carboxylic acids is 1. The summed E-state index contributed by atoms with van der Waals surface area (Å²) in [5, 5.41) is 0. The van der Waals surface area contributed by atoms with Gasteiger partial charge in [-0.2, -0.15) is 0 Å². The van der Waals surface area contributed by atoms with Gasteiger partial charge in [0.1, 0.15) is 11.6 Å². The van der Waals surface area contributed by atoms with E-state index >= 15 is 0 Å². The third-order valence-electron chi connectivity index (χ3n) is 4.90. The van der Waals surface area contributed by atoms with Gasteiger partial charge in [0.05, 0.1) is 17.6 Å². The van der Waals surface area contributed by atoms with Crippen LogP contribution in [0.3, 0.4) is 0 Å². The van der Waals surface area contributed by atoms with Crippen molar-refractivity contribution in [1.82, 2.24) is 14.5 Å². The number of aromatic nitrogens is 2. The third kappa shape index (κ3) is 5.24. The molecule has 0 saturated carbocycles. The lowest BCUT2D eigenvalue weighted by molar-refractivity contribution is 0.0729. The van der Waals surface area contributed by atoms with Gasteiger partial charge in [-0.25, -0.2) is 9.37 Å². The molecule has 0 atom stereocenters. The van der Waals surface area contributed by atoms with Gasteiger partial charge < -0.3 is 9.47 Å². The molecule has 3 aromatic rings. The molecule has 0 aliphatic heterocycles. The average molecular weight is 460 g/mol. The topological polar surface area (TPSA) is 38.1 Å². The fraction of sp³-hybridized carbons (Fsp3) is 0.391. The molecule has 0 N–H and O–H groups in total. The lowest BCUT2D eigenvalue weighted by atomic mass is 10.1. The van der Waals surface area contributed by atoms with Crippen molar-refractivity contribution < 1.29 is 9.18 Å².